The third-order valence-corrected chi connectivity index (χ3v) is 4.12. The van der Waals surface area contributed by atoms with Gasteiger partial charge in [0.1, 0.15) is 0 Å². The third kappa shape index (κ3) is 5.38. The maximum Gasteiger partial charge on any atom is 0.244 e. The Balaban J connectivity index is 2.66. The molecule has 6 nitrogen and oxygen atoms in total. The van der Waals surface area contributed by atoms with E-state index in [0.29, 0.717) is 12.1 Å². The number of nitriles is 1. The molecule has 112 valence electrons. The molecule has 1 aromatic carbocycles. The minimum absolute atomic E-state index is 0.162. The Bertz CT molecular complexity index is 658. The number of amides is 1. The predicted molar refractivity (Wildman–Crippen MR) is 79.5 cm³/mol. The Hall–Kier alpha value is -2.17. The van der Waals surface area contributed by atoms with Crippen LogP contribution in [0.25, 0.3) is 6.08 Å². The number of benzene rings is 1. The van der Waals surface area contributed by atoms with Gasteiger partial charge in [-0.3, -0.25) is 4.79 Å². The summed E-state index contributed by atoms with van der Waals surface area (Å²) in [5.74, 6) is -0.544. The molecule has 1 amide bonds. The molecule has 21 heavy (non-hydrogen) atoms. The molecule has 1 rings (SSSR count). The van der Waals surface area contributed by atoms with E-state index >= 15 is 0 Å². The van der Waals surface area contributed by atoms with Gasteiger partial charge in [0.25, 0.3) is 0 Å². The summed E-state index contributed by atoms with van der Waals surface area (Å²) in [6.07, 6.45) is 2.91. The summed E-state index contributed by atoms with van der Waals surface area (Å²) in [6.45, 7) is 2.00. The number of rotatable bonds is 6. The molecule has 0 aromatic heterocycles. The normalized spacial score (nSPS) is 12.8. The molecule has 0 saturated heterocycles. The van der Waals surface area contributed by atoms with Crippen molar-refractivity contribution in [2.75, 3.05) is 13.6 Å². The van der Waals surface area contributed by atoms with Gasteiger partial charge in [0.15, 0.2) is 0 Å². The van der Waals surface area contributed by atoms with Crippen LogP contribution in [0.3, 0.4) is 0 Å². The second kappa shape index (κ2) is 7.57. The molecule has 0 aliphatic rings. The predicted octanol–water partition coefficient (Wildman–Crippen LogP) is 0.884. The first-order chi connectivity index (χ1) is 9.89. The number of nitrogens with one attached hydrogen (secondary N) is 2. The van der Waals surface area contributed by atoms with Crippen LogP contribution in [0.2, 0.25) is 0 Å². The van der Waals surface area contributed by atoms with E-state index in [1.54, 1.807) is 25.1 Å². The van der Waals surface area contributed by atoms with Gasteiger partial charge in [-0.15, -0.1) is 0 Å². The fourth-order valence-corrected chi connectivity index (χ4v) is 2.14. The average Bonchev–Trinajstić information content (AvgIpc) is 2.50. The standard InChI is InChI=1S/C14H17N3O3S/c1-11(9-15)10-17-14(18)8-5-12-3-6-13(7-4-12)21(19,20)16-2/h3-8,11,16H,10H2,1-2H3,(H,17,18)/b8-5+. The molecule has 0 saturated carbocycles. The van der Waals surface area contributed by atoms with Gasteiger partial charge >= 0.3 is 0 Å². The van der Waals surface area contributed by atoms with Gasteiger partial charge in [-0.25, -0.2) is 13.1 Å². The van der Waals surface area contributed by atoms with Crippen LogP contribution in [-0.2, 0) is 14.8 Å². The van der Waals surface area contributed by atoms with Crippen molar-refractivity contribution in [2.45, 2.75) is 11.8 Å². The molecule has 0 fully saturated rings. The van der Waals surface area contributed by atoms with Crippen LogP contribution in [-0.4, -0.2) is 27.9 Å². The first-order valence-electron chi connectivity index (χ1n) is 6.28. The van der Waals surface area contributed by atoms with Crippen molar-refractivity contribution in [3.8, 4) is 6.07 Å². The number of hydrogen-bond donors (Lipinski definition) is 2. The lowest BCUT2D eigenvalue weighted by molar-refractivity contribution is -0.116. The highest BCUT2D eigenvalue weighted by Gasteiger charge is 2.09. The second-order valence-electron chi connectivity index (χ2n) is 4.39. The molecule has 0 aliphatic carbocycles. The number of carbonyl (C=O) groups is 1. The Morgan fingerprint density at radius 1 is 1.38 bits per heavy atom. The Morgan fingerprint density at radius 2 is 2.00 bits per heavy atom. The van der Waals surface area contributed by atoms with Crippen molar-refractivity contribution >= 4 is 22.0 Å². The van der Waals surface area contributed by atoms with Gasteiger partial charge in [0, 0.05) is 12.6 Å². The quantitative estimate of drug-likeness (QED) is 0.762. The Kier molecular flexibility index (Phi) is 6.09. The Labute approximate surface area is 124 Å². The lowest BCUT2D eigenvalue weighted by Crippen LogP contribution is -2.25. The summed E-state index contributed by atoms with van der Waals surface area (Å²) >= 11 is 0. The number of nitrogens with zero attached hydrogens (tertiary/aromatic N) is 1. The largest absolute Gasteiger partial charge is 0.351 e. The topological polar surface area (TPSA) is 99.1 Å². The van der Waals surface area contributed by atoms with Crippen molar-refractivity contribution in [1.29, 1.82) is 5.26 Å². The molecule has 1 aromatic rings. The maximum absolute atomic E-state index is 11.5. The molecule has 2 N–H and O–H groups in total. The van der Waals surface area contributed by atoms with E-state index in [2.05, 4.69) is 10.0 Å². The molecule has 0 bridgehead atoms. The lowest BCUT2D eigenvalue weighted by atomic mass is 10.2. The molecular formula is C14H17N3O3S. The van der Waals surface area contributed by atoms with Crippen LogP contribution >= 0.6 is 0 Å². The highest BCUT2D eigenvalue weighted by Crippen LogP contribution is 2.11. The van der Waals surface area contributed by atoms with E-state index in [0.717, 1.165) is 0 Å². The highest BCUT2D eigenvalue weighted by atomic mass is 32.2. The number of hydrogen-bond acceptors (Lipinski definition) is 4. The zero-order chi connectivity index (χ0) is 15.9. The van der Waals surface area contributed by atoms with E-state index in [9.17, 15) is 13.2 Å². The summed E-state index contributed by atoms with van der Waals surface area (Å²) < 4.78 is 25.3. The molecule has 0 aliphatic heterocycles. The van der Waals surface area contributed by atoms with Crippen LogP contribution in [0.5, 0.6) is 0 Å². The van der Waals surface area contributed by atoms with E-state index in [1.165, 1.54) is 25.3 Å². The number of carbonyl (C=O) groups excluding carboxylic acids is 1. The smallest absolute Gasteiger partial charge is 0.244 e. The molecule has 0 spiro atoms. The van der Waals surface area contributed by atoms with Crippen molar-refractivity contribution in [1.82, 2.24) is 10.0 Å². The molecule has 1 atom stereocenters. The zero-order valence-electron chi connectivity index (χ0n) is 11.8. The van der Waals surface area contributed by atoms with Crippen molar-refractivity contribution in [3.63, 3.8) is 0 Å². The van der Waals surface area contributed by atoms with E-state index in [-0.39, 0.29) is 16.7 Å². The summed E-state index contributed by atoms with van der Waals surface area (Å²) in [7, 11) is -2.11. The maximum atomic E-state index is 11.5. The zero-order valence-corrected chi connectivity index (χ0v) is 12.6. The van der Waals surface area contributed by atoms with Crippen LogP contribution in [0, 0.1) is 17.2 Å². The summed E-state index contributed by atoms with van der Waals surface area (Å²) in [6, 6.07) is 8.14. The van der Waals surface area contributed by atoms with E-state index < -0.39 is 10.0 Å². The van der Waals surface area contributed by atoms with Gasteiger partial charge in [-0.2, -0.15) is 5.26 Å². The van der Waals surface area contributed by atoms with Gasteiger partial charge in [-0.05, 0) is 37.7 Å². The lowest BCUT2D eigenvalue weighted by Gasteiger charge is -2.03. The van der Waals surface area contributed by atoms with Crippen molar-refractivity contribution < 1.29 is 13.2 Å². The molecule has 0 radical (unpaired) electrons. The molecular weight excluding hydrogens is 290 g/mol. The van der Waals surface area contributed by atoms with Crippen LogP contribution in [0.1, 0.15) is 12.5 Å². The fourth-order valence-electron chi connectivity index (χ4n) is 1.41. The molecule has 0 heterocycles. The Morgan fingerprint density at radius 3 is 2.52 bits per heavy atom. The van der Waals surface area contributed by atoms with E-state index in [1.807, 2.05) is 6.07 Å². The van der Waals surface area contributed by atoms with Crippen molar-refractivity contribution in [2.24, 2.45) is 5.92 Å². The van der Waals surface area contributed by atoms with E-state index in [4.69, 9.17) is 5.26 Å². The SMILES string of the molecule is CNS(=O)(=O)c1ccc(/C=C/C(=O)NCC(C)C#N)cc1. The minimum Gasteiger partial charge on any atom is -0.351 e. The minimum atomic E-state index is -3.45. The highest BCUT2D eigenvalue weighted by molar-refractivity contribution is 7.89. The summed E-state index contributed by atoms with van der Waals surface area (Å²) in [5, 5.41) is 11.2. The first-order valence-corrected chi connectivity index (χ1v) is 7.76. The first kappa shape index (κ1) is 16.9. The average molecular weight is 307 g/mol. The van der Waals surface area contributed by atoms with Crippen LogP contribution in [0.4, 0.5) is 0 Å². The van der Waals surface area contributed by atoms with Crippen LogP contribution < -0.4 is 10.0 Å². The third-order valence-electron chi connectivity index (χ3n) is 2.69. The fraction of sp³-hybridized carbons (Fsp3) is 0.286. The van der Waals surface area contributed by atoms with Gasteiger partial charge < -0.3 is 5.32 Å². The molecule has 7 heteroatoms. The summed E-state index contributed by atoms with van der Waals surface area (Å²) in [4.78, 5) is 11.7. The van der Waals surface area contributed by atoms with Crippen LogP contribution in [0.15, 0.2) is 35.2 Å². The van der Waals surface area contributed by atoms with Gasteiger partial charge in [0.05, 0.1) is 16.9 Å². The van der Waals surface area contributed by atoms with Gasteiger partial charge in [0.2, 0.25) is 15.9 Å². The second-order valence-corrected chi connectivity index (χ2v) is 6.27. The van der Waals surface area contributed by atoms with Crippen molar-refractivity contribution in [3.05, 3.63) is 35.9 Å². The summed E-state index contributed by atoms with van der Waals surface area (Å²) in [5.41, 5.74) is 0.702. The van der Waals surface area contributed by atoms with Gasteiger partial charge in [-0.1, -0.05) is 12.1 Å². The number of sulfonamides is 1. The monoisotopic (exact) mass is 307 g/mol. The molecule has 1 unspecified atom stereocenters.